The Bertz CT molecular complexity index is 531. The van der Waals surface area contributed by atoms with Crippen molar-refractivity contribution in [3.63, 3.8) is 0 Å². The second-order valence-corrected chi connectivity index (χ2v) is 4.44. The third-order valence-corrected chi connectivity index (χ3v) is 2.98. The molecule has 4 nitrogen and oxygen atoms in total. The molecule has 1 aliphatic carbocycles. The Hall–Kier alpha value is -1.97. The van der Waals surface area contributed by atoms with E-state index in [-0.39, 0.29) is 0 Å². The van der Waals surface area contributed by atoms with Crippen molar-refractivity contribution in [2.24, 2.45) is 0 Å². The van der Waals surface area contributed by atoms with Crippen LogP contribution in [0.1, 0.15) is 19.8 Å². The maximum Gasteiger partial charge on any atom is 0.207 e. The van der Waals surface area contributed by atoms with E-state index in [2.05, 4.69) is 10.3 Å². The van der Waals surface area contributed by atoms with Crippen LogP contribution in [0.25, 0.3) is 5.69 Å². The highest BCUT2D eigenvalue weighted by molar-refractivity contribution is 5.51. The van der Waals surface area contributed by atoms with Crippen molar-refractivity contribution in [1.82, 2.24) is 9.55 Å². The van der Waals surface area contributed by atoms with Crippen molar-refractivity contribution in [1.29, 1.82) is 0 Å². The number of aromatic nitrogens is 2. The van der Waals surface area contributed by atoms with Gasteiger partial charge in [0.05, 0.1) is 12.3 Å². The summed E-state index contributed by atoms with van der Waals surface area (Å²) < 4.78 is 7.70. The van der Waals surface area contributed by atoms with Crippen LogP contribution in [-0.2, 0) is 0 Å². The summed E-state index contributed by atoms with van der Waals surface area (Å²) in [5.74, 6) is 1.78. The number of rotatable bonds is 5. The topological polar surface area (TPSA) is 39.1 Å². The second-order valence-electron chi connectivity index (χ2n) is 4.44. The molecule has 1 heterocycles. The summed E-state index contributed by atoms with van der Waals surface area (Å²) in [6.07, 6.45) is 6.25. The fourth-order valence-electron chi connectivity index (χ4n) is 1.95. The van der Waals surface area contributed by atoms with Crippen molar-refractivity contribution in [3.8, 4) is 11.4 Å². The van der Waals surface area contributed by atoms with Gasteiger partial charge in [-0.1, -0.05) is 12.1 Å². The van der Waals surface area contributed by atoms with Crippen LogP contribution >= 0.6 is 0 Å². The highest BCUT2D eigenvalue weighted by Crippen LogP contribution is 2.28. The molecule has 0 unspecified atom stereocenters. The minimum atomic E-state index is 0.588. The molecular weight excluding hydrogens is 226 g/mol. The van der Waals surface area contributed by atoms with Crippen molar-refractivity contribution in [2.45, 2.75) is 25.8 Å². The Balaban J connectivity index is 1.95. The first-order valence-electron chi connectivity index (χ1n) is 6.40. The Labute approximate surface area is 107 Å². The van der Waals surface area contributed by atoms with Gasteiger partial charge in [-0.25, -0.2) is 4.98 Å². The number of para-hydroxylation sites is 2. The molecule has 0 saturated heterocycles. The van der Waals surface area contributed by atoms with Gasteiger partial charge in [-0.2, -0.15) is 0 Å². The average molecular weight is 243 g/mol. The van der Waals surface area contributed by atoms with Crippen molar-refractivity contribution >= 4 is 5.95 Å². The number of ether oxygens (including phenoxy) is 1. The molecule has 3 rings (SSSR count). The van der Waals surface area contributed by atoms with Gasteiger partial charge in [0.25, 0.3) is 0 Å². The summed E-state index contributed by atoms with van der Waals surface area (Å²) in [6.45, 7) is 2.66. The van der Waals surface area contributed by atoms with Gasteiger partial charge in [0, 0.05) is 18.4 Å². The van der Waals surface area contributed by atoms with Crippen molar-refractivity contribution in [3.05, 3.63) is 36.7 Å². The van der Waals surface area contributed by atoms with E-state index < -0.39 is 0 Å². The van der Waals surface area contributed by atoms with Gasteiger partial charge in [-0.05, 0) is 31.9 Å². The zero-order valence-electron chi connectivity index (χ0n) is 10.5. The average Bonchev–Trinajstić information content (AvgIpc) is 3.08. The molecule has 1 saturated carbocycles. The first-order valence-corrected chi connectivity index (χ1v) is 6.40. The number of nitrogens with one attached hydrogen (secondary N) is 1. The normalized spacial score (nSPS) is 14.5. The van der Waals surface area contributed by atoms with Crippen LogP contribution in [0.15, 0.2) is 36.7 Å². The summed E-state index contributed by atoms with van der Waals surface area (Å²) in [6, 6.07) is 8.62. The van der Waals surface area contributed by atoms with Crippen LogP contribution in [0.4, 0.5) is 5.95 Å². The largest absolute Gasteiger partial charge is 0.492 e. The van der Waals surface area contributed by atoms with E-state index >= 15 is 0 Å². The van der Waals surface area contributed by atoms with E-state index in [1.54, 1.807) is 0 Å². The molecule has 1 N–H and O–H groups in total. The van der Waals surface area contributed by atoms with E-state index in [0.717, 1.165) is 17.4 Å². The van der Waals surface area contributed by atoms with Gasteiger partial charge in [-0.3, -0.25) is 4.57 Å². The maximum absolute atomic E-state index is 5.66. The predicted molar refractivity (Wildman–Crippen MR) is 71.4 cm³/mol. The highest BCUT2D eigenvalue weighted by atomic mass is 16.5. The van der Waals surface area contributed by atoms with Gasteiger partial charge in [-0.15, -0.1) is 0 Å². The lowest BCUT2D eigenvalue weighted by atomic mass is 10.3. The molecule has 1 aromatic carbocycles. The zero-order chi connectivity index (χ0) is 12.4. The van der Waals surface area contributed by atoms with E-state index in [4.69, 9.17) is 4.74 Å². The molecule has 2 aromatic rings. The minimum Gasteiger partial charge on any atom is -0.492 e. The summed E-state index contributed by atoms with van der Waals surface area (Å²) in [7, 11) is 0. The SMILES string of the molecule is CCOc1ccccc1-n1ccnc1NC1CC1. The molecule has 0 radical (unpaired) electrons. The Morgan fingerprint density at radius 1 is 1.39 bits per heavy atom. The fraction of sp³-hybridized carbons (Fsp3) is 0.357. The second kappa shape index (κ2) is 4.72. The molecule has 0 bridgehead atoms. The number of anilines is 1. The predicted octanol–water partition coefficient (Wildman–Crippen LogP) is 2.85. The molecule has 4 heteroatoms. The molecule has 18 heavy (non-hydrogen) atoms. The summed E-state index contributed by atoms with van der Waals surface area (Å²) >= 11 is 0. The highest BCUT2D eigenvalue weighted by Gasteiger charge is 2.23. The smallest absolute Gasteiger partial charge is 0.207 e. The Morgan fingerprint density at radius 3 is 3.00 bits per heavy atom. The van der Waals surface area contributed by atoms with E-state index in [0.29, 0.717) is 12.6 Å². The molecule has 0 atom stereocenters. The zero-order valence-corrected chi connectivity index (χ0v) is 10.5. The number of hydrogen-bond acceptors (Lipinski definition) is 3. The fourth-order valence-corrected chi connectivity index (χ4v) is 1.95. The van der Waals surface area contributed by atoms with Gasteiger partial charge in [0.1, 0.15) is 5.75 Å². The molecular formula is C14H17N3O. The van der Waals surface area contributed by atoms with Crippen molar-refractivity contribution in [2.75, 3.05) is 11.9 Å². The Morgan fingerprint density at radius 2 is 2.22 bits per heavy atom. The van der Waals surface area contributed by atoms with Crippen molar-refractivity contribution < 1.29 is 4.74 Å². The number of hydrogen-bond donors (Lipinski definition) is 1. The molecule has 0 aliphatic heterocycles. The summed E-state index contributed by atoms with van der Waals surface area (Å²) in [5, 5.41) is 3.43. The van der Waals surface area contributed by atoms with Crippen LogP contribution in [0.2, 0.25) is 0 Å². The molecule has 94 valence electrons. The van der Waals surface area contributed by atoms with Crippen LogP contribution in [0, 0.1) is 0 Å². The standard InChI is InChI=1S/C14H17N3O/c1-2-18-13-6-4-3-5-12(13)17-10-9-15-14(17)16-11-7-8-11/h3-6,9-11H,2,7-8H2,1H3,(H,15,16). The minimum absolute atomic E-state index is 0.588. The monoisotopic (exact) mass is 243 g/mol. The number of benzene rings is 1. The lowest BCUT2D eigenvalue weighted by Gasteiger charge is -2.13. The van der Waals surface area contributed by atoms with E-state index in [9.17, 15) is 0 Å². The number of imidazole rings is 1. The van der Waals surface area contributed by atoms with E-state index in [1.807, 2.05) is 48.1 Å². The van der Waals surface area contributed by atoms with Crippen LogP contribution in [0.3, 0.4) is 0 Å². The first-order chi connectivity index (χ1) is 8.88. The quantitative estimate of drug-likeness (QED) is 0.877. The summed E-state index contributed by atoms with van der Waals surface area (Å²) in [4.78, 5) is 4.37. The van der Waals surface area contributed by atoms with Gasteiger partial charge in [0.2, 0.25) is 5.95 Å². The summed E-state index contributed by atoms with van der Waals surface area (Å²) in [5.41, 5.74) is 1.03. The first kappa shape index (κ1) is 11.1. The number of nitrogens with zero attached hydrogens (tertiary/aromatic N) is 2. The molecule has 0 spiro atoms. The molecule has 1 aliphatic rings. The van der Waals surface area contributed by atoms with E-state index in [1.165, 1.54) is 12.8 Å². The molecule has 1 fully saturated rings. The van der Waals surface area contributed by atoms with Gasteiger partial charge >= 0.3 is 0 Å². The lowest BCUT2D eigenvalue weighted by Crippen LogP contribution is -2.08. The molecule has 1 aromatic heterocycles. The third-order valence-electron chi connectivity index (χ3n) is 2.98. The van der Waals surface area contributed by atoms with Gasteiger partial charge in [0.15, 0.2) is 0 Å². The molecule has 0 amide bonds. The maximum atomic E-state index is 5.66. The van der Waals surface area contributed by atoms with Crippen LogP contribution in [0.5, 0.6) is 5.75 Å². The van der Waals surface area contributed by atoms with Crippen LogP contribution < -0.4 is 10.1 Å². The Kier molecular flexibility index (Phi) is 2.92. The lowest BCUT2D eigenvalue weighted by molar-refractivity contribution is 0.339. The van der Waals surface area contributed by atoms with Crippen LogP contribution in [-0.4, -0.2) is 22.2 Å². The van der Waals surface area contributed by atoms with Gasteiger partial charge < -0.3 is 10.1 Å². The third kappa shape index (κ3) is 2.18.